The van der Waals surface area contributed by atoms with Crippen LogP contribution >= 0.6 is 11.8 Å². The quantitative estimate of drug-likeness (QED) is 0.328. The minimum Gasteiger partial charge on any atom is -0.309 e. The maximum Gasteiger partial charge on any atom is 0.270 e. The highest BCUT2D eigenvalue weighted by Crippen LogP contribution is 2.15. The first-order valence-electron chi connectivity index (χ1n) is 5.51. The van der Waals surface area contributed by atoms with Crippen molar-refractivity contribution in [1.82, 2.24) is 4.90 Å². The number of thioether (sulfide) groups is 1. The number of Topliss-reactive ketones (excluding diaryl/α,β-unsaturated/α-hetero) is 1. The molecule has 0 heterocycles. The van der Waals surface area contributed by atoms with Gasteiger partial charge in [-0.1, -0.05) is 12.1 Å². The third-order valence-corrected chi connectivity index (χ3v) is 3.23. The molecule has 0 saturated carbocycles. The molecule has 0 radical (unpaired) electrons. The topological polar surface area (TPSA) is 63.5 Å². The van der Waals surface area contributed by atoms with Gasteiger partial charge in [0.25, 0.3) is 5.69 Å². The lowest BCUT2D eigenvalue weighted by Gasteiger charge is -2.08. The van der Waals surface area contributed by atoms with Crippen LogP contribution in [0.1, 0.15) is 10.4 Å². The summed E-state index contributed by atoms with van der Waals surface area (Å²) in [6, 6.07) is 5.86. The van der Waals surface area contributed by atoms with Crippen LogP contribution in [-0.4, -0.2) is 47.8 Å². The zero-order chi connectivity index (χ0) is 13.5. The zero-order valence-corrected chi connectivity index (χ0v) is 11.3. The first kappa shape index (κ1) is 14.7. The fourth-order valence-corrected chi connectivity index (χ4v) is 2.28. The van der Waals surface area contributed by atoms with E-state index in [-0.39, 0.29) is 11.5 Å². The molecule has 0 unspecified atom stereocenters. The van der Waals surface area contributed by atoms with Gasteiger partial charge >= 0.3 is 0 Å². The second kappa shape index (κ2) is 7.13. The van der Waals surface area contributed by atoms with Gasteiger partial charge in [0.2, 0.25) is 0 Å². The van der Waals surface area contributed by atoms with E-state index in [9.17, 15) is 14.9 Å². The molecule has 1 aromatic rings. The van der Waals surface area contributed by atoms with E-state index in [2.05, 4.69) is 0 Å². The second-order valence-electron chi connectivity index (χ2n) is 4.09. The van der Waals surface area contributed by atoms with Crippen LogP contribution in [0, 0.1) is 10.1 Å². The van der Waals surface area contributed by atoms with E-state index in [0.29, 0.717) is 11.3 Å². The number of rotatable bonds is 7. The monoisotopic (exact) mass is 268 g/mol. The van der Waals surface area contributed by atoms with Gasteiger partial charge in [0, 0.05) is 30.0 Å². The largest absolute Gasteiger partial charge is 0.309 e. The van der Waals surface area contributed by atoms with E-state index in [4.69, 9.17) is 0 Å². The first-order valence-corrected chi connectivity index (χ1v) is 6.66. The van der Waals surface area contributed by atoms with Crippen molar-refractivity contribution in [3.8, 4) is 0 Å². The Morgan fingerprint density at radius 2 is 2.17 bits per heavy atom. The average Bonchev–Trinajstić information content (AvgIpc) is 2.34. The van der Waals surface area contributed by atoms with Crippen LogP contribution < -0.4 is 0 Å². The summed E-state index contributed by atoms with van der Waals surface area (Å²) in [5.74, 6) is 1.16. The van der Waals surface area contributed by atoms with Crippen molar-refractivity contribution in [2.45, 2.75) is 0 Å². The number of hydrogen-bond acceptors (Lipinski definition) is 5. The van der Waals surface area contributed by atoms with Crippen LogP contribution in [0.2, 0.25) is 0 Å². The number of nitro benzene ring substituents is 1. The minimum atomic E-state index is -0.490. The van der Waals surface area contributed by atoms with Crippen molar-refractivity contribution < 1.29 is 9.72 Å². The Hall–Kier alpha value is -1.40. The fraction of sp³-hybridized carbons (Fsp3) is 0.417. The van der Waals surface area contributed by atoms with Crippen molar-refractivity contribution in [1.29, 1.82) is 0 Å². The third-order valence-electron chi connectivity index (χ3n) is 2.29. The molecule has 18 heavy (non-hydrogen) atoms. The van der Waals surface area contributed by atoms with Crippen molar-refractivity contribution in [3.05, 3.63) is 39.9 Å². The molecule has 98 valence electrons. The number of benzene rings is 1. The van der Waals surface area contributed by atoms with Crippen LogP contribution in [0.15, 0.2) is 24.3 Å². The molecule has 0 spiro atoms. The standard InChI is InChI=1S/C12H16N2O3S/c1-13(2)6-7-18-9-12(15)10-4-3-5-11(8-10)14(16)17/h3-5,8H,6-7,9H2,1-2H3. The summed E-state index contributed by atoms with van der Waals surface area (Å²) < 4.78 is 0. The van der Waals surface area contributed by atoms with Crippen LogP contribution in [0.3, 0.4) is 0 Å². The van der Waals surface area contributed by atoms with Crippen molar-refractivity contribution in [3.63, 3.8) is 0 Å². The smallest absolute Gasteiger partial charge is 0.270 e. The summed E-state index contributed by atoms with van der Waals surface area (Å²) >= 11 is 1.54. The van der Waals surface area contributed by atoms with Crippen molar-refractivity contribution in [2.75, 3.05) is 32.1 Å². The van der Waals surface area contributed by atoms with Gasteiger partial charge in [-0.25, -0.2) is 0 Å². The minimum absolute atomic E-state index is 0.0425. The molecule has 5 nitrogen and oxygen atoms in total. The van der Waals surface area contributed by atoms with Crippen LogP contribution in [0.4, 0.5) is 5.69 Å². The molecule has 0 N–H and O–H groups in total. The van der Waals surface area contributed by atoms with Gasteiger partial charge in [0.05, 0.1) is 10.7 Å². The molecule has 0 fully saturated rings. The Labute approximate surface area is 110 Å². The molecule has 0 aliphatic carbocycles. The number of nitro groups is 1. The number of nitrogens with zero attached hydrogens (tertiary/aromatic N) is 2. The van der Waals surface area contributed by atoms with Crippen LogP contribution in [0.25, 0.3) is 0 Å². The lowest BCUT2D eigenvalue weighted by molar-refractivity contribution is -0.384. The molecule has 0 aliphatic rings. The van der Waals surface area contributed by atoms with Crippen LogP contribution in [0.5, 0.6) is 0 Å². The number of carbonyl (C=O) groups is 1. The van der Waals surface area contributed by atoms with Gasteiger partial charge in [0.15, 0.2) is 5.78 Å². The summed E-state index contributed by atoms with van der Waals surface area (Å²) in [7, 11) is 3.95. The normalized spacial score (nSPS) is 10.6. The predicted octanol–water partition coefficient (Wildman–Crippen LogP) is 2.07. The lowest BCUT2D eigenvalue weighted by atomic mass is 10.1. The van der Waals surface area contributed by atoms with Crippen LogP contribution in [-0.2, 0) is 0 Å². The van der Waals surface area contributed by atoms with Crippen molar-refractivity contribution >= 4 is 23.2 Å². The van der Waals surface area contributed by atoms with Gasteiger partial charge < -0.3 is 4.90 Å². The molecular weight excluding hydrogens is 252 g/mol. The van der Waals surface area contributed by atoms with E-state index >= 15 is 0 Å². The first-order chi connectivity index (χ1) is 8.50. The average molecular weight is 268 g/mol. The molecule has 0 atom stereocenters. The molecule has 0 amide bonds. The fourth-order valence-electron chi connectivity index (χ4n) is 1.29. The van der Waals surface area contributed by atoms with Gasteiger partial charge in [-0.3, -0.25) is 14.9 Å². The Morgan fingerprint density at radius 1 is 1.44 bits per heavy atom. The Bertz CT molecular complexity index is 435. The van der Waals surface area contributed by atoms with Gasteiger partial charge in [-0.15, -0.1) is 0 Å². The summed E-state index contributed by atoms with van der Waals surface area (Å²) in [5, 5.41) is 10.6. The summed E-state index contributed by atoms with van der Waals surface area (Å²) in [6.07, 6.45) is 0. The third kappa shape index (κ3) is 4.85. The Morgan fingerprint density at radius 3 is 2.78 bits per heavy atom. The Kier molecular flexibility index (Phi) is 5.80. The zero-order valence-electron chi connectivity index (χ0n) is 10.5. The summed E-state index contributed by atoms with van der Waals surface area (Å²) in [5.41, 5.74) is 0.362. The number of carbonyl (C=O) groups excluding carboxylic acids is 1. The van der Waals surface area contributed by atoms with Gasteiger partial charge in [-0.05, 0) is 14.1 Å². The highest BCUT2D eigenvalue weighted by molar-refractivity contribution is 8.00. The van der Waals surface area contributed by atoms with Crippen molar-refractivity contribution in [2.24, 2.45) is 0 Å². The highest BCUT2D eigenvalue weighted by atomic mass is 32.2. The summed E-state index contributed by atoms with van der Waals surface area (Å²) in [6.45, 7) is 0.910. The number of non-ortho nitro benzene ring substituents is 1. The van der Waals surface area contributed by atoms with E-state index in [1.807, 2.05) is 19.0 Å². The predicted molar refractivity (Wildman–Crippen MR) is 73.3 cm³/mol. The molecular formula is C12H16N2O3S. The second-order valence-corrected chi connectivity index (χ2v) is 5.19. The lowest BCUT2D eigenvalue weighted by Crippen LogP contribution is -2.15. The van der Waals surface area contributed by atoms with E-state index < -0.39 is 4.92 Å². The molecule has 1 rings (SSSR count). The van der Waals surface area contributed by atoms with Gasteiger partial charge in [-0.2, -0.15) is 11.8 Å². The molecule has 0 bridgehead atoms. The molecule has 1 aromatic carbocycles. The molecule has 0 saturated heterocycles. The maximum absolute atomic E-state index is 11.8. The molecule has 0 aromatic heterocycles. The SMILES string of the molecule is CN(C)CCSCC(=O)c1cccc([N+](=O)[O-])c1. The number of hydrogen-bond donors (Lipinski definition) is 0. The van der Waals surface area contributed by atoms with E-state index in [1.54, 1.807) is 6.07 Å². The number of ketones is 1. The van der Waals surface area contributed by atoms with E-state index in [1.165, 1.54) is 30.0 Å². The van der Waals surface area contributed by atoms with E-state index in [0.717, 1.165) is 12.3 Å². The molecule has 6 heteroatoms. The highest BCUT2D eigenvalue weighted by Gasteiger charge is 2.11. The summed E-state index contributed by atoms with van der Waals surface area (Å²) in [4.78, 5) is 24.0. The Balaban J connectivity index is 2.51. The molecule has 0 aliphatic heterocycles. The van der Waals surface area contributed by atoms with Gasteiger partial charge in [0.1, 0.15) is 0 Å². The maximum atomic E-state index is 11.8.